The summed E-state index contributed by atoms with van der Waals surface area (Å²) in [6.45, 7) is 1.85. The smallest absolute Gasteiger partial charge is 0.250 e. The van der Waals surface area contributed by atoms with Crippen molar-refractivity contribution in [3.8, 4) is 5.75 Å². The van der Waals surface area contributed by atoms with Crippen LogP contribution in [0.25, 0.3) is 21.8 Å². The molecule has 5 nitrogen and oxygen atoms in total. The quantitative estimate of drug-likeness (QED) is 0.308. The third kappa shape index (κ3) is 4.21. The number of allylic oxidation sites excluding steroid dienone is 1. The minimum Gasteiger partial charge on any atom is -0.497 e. The first-order chi connectivity index (χ1) is 14.5. The highest BCUT2D eigenvalue weighted by Gasteiger charge is 2.12. The van der Waals surface area contributed by atoms with Gasteiger partial charge in [-0.05, 0) is 55.5 Å². The topological polar surface area (TPSA) is 63.2 Å². The van der Waals surface area contributed by atoms with E-state index in [2.05, 4.69) is 10.6 Å². The molecule has 0 aliphatic carbocycles. The molecule has 0 aliphatic rings. The molecule has 4 aromatic rings. The van der Waals surface area contributed by atoms with Crippen LogP contribution in [-0.2, 0) is 4.79 Å². The van der Waals surface area contributed by atoms with E-state index in [4.69, 9.17) is 21.3 Å². The average Bonchev–Trinajstić information content (AvgIpc) is 2.73. The van der Waals surface area contributed by atoms with E-state index in [-0.39, 0.29) is 5.91 Å². The van der Waals surface area contributed by atoms with Crippen LogP contribution in [0.1, 0.15) is 6.92 Å². The molecule has 3 aromatic carbocycles. The highest BCUT2D eigenvalue weighted by molar-refractivity contribution is 6.31. The van der Waals surface area contributed by atoms with Gasteiger partial charge >= 0.3 is 0 Å². The van der Waals surface area contributed by atoms with Gasteiger partial charge in [-0.3, -0.25) is 4.79 Å². The first kappa shape index (κ1) is 19.7. The molecule has 0 radical (unpaired) electrons. The molecule has 30 heavy (non-hydrogen) atoms. The van der Waals surface area contributed by atoms with Crippen molar-refractivity contribution in [3.05, 3.63) is 83.5 Å². The monoisotopic (exact) mass is 417 g/mol. The van der Waals surface area contributed by atoms with Crippen molar-refractivity contribution in [1.29, 1.82) is 0 Å². The van der Waals surface area contributed by atoms with Crippen LogP contribution >= 0.6 is 11.6 Å². The summed E-state index contributed by atoms with van der Waals surface area (Å²) in [7, 11) is 1.63. The van der Waals surface area contributed by atoms with E-state index in [9.17, 15) is 4.79 Å². The van der Waals surface area contributed by atoms with Crippen molar-refractivity contribution in [3.63, 3.8) is 0 Å². The van der Waals surface area contributed by atoms with Gasteiger partial charge < -0.3 is 15.4 Å². The zero-order valence-corrected chi connectivity index (χ0v) is 17.3. The zero-order valence-electron chi connectivity index (χ0n) is 16.6. The summed E-state index contributed by atoms with van der Waals surface area (Å²) in [5.41, 5.74) is 3.84. The molecular formula is C24H20ClN3O2. The maximum absolute atomic E-state index is 12.4. The summed E-state index contributed by atoms with van der Waals surface area (Å²) >= 11 is 6.18. The number of benzene rings is 3. The van der Waals surface area contributed by atoms with E-state index in [0.29, 0.717) is 10.7 Å². The fraction of sp³-hybridized carbons (Fsp3) is 0.0833. The van der Waals surface area contributed by atoms with E-state index >= 15 is 0 Å². The van der Waals surface area contributed by atoms with Crippen LogP contribution in [-0.4, -0.2) is 18.0 Å². The second-order valence-electron chi connectivity index (χ2n) is 6.84. The minimum absolute atomic E-state index is 0.213. The molecule has 6 heteroatoms. The van der Waals surface area contributed by atoms with Gasteiger partial charge in [0.05, 0.1) is 23.8 Å². The van der Waals surface area contributed by atoms with Gasteiger partial charge in [-0.1, -0.05) is 29.8 Å². The van der Waals surface area contributed by atoms with E-state index in [0.717, 1.165) is 38.9 Å². The molecule has 2 N–H and O–H groups in total. The number of fused-ring (bicyclic) bond motifs is 2. The minimum atomic E-state index is -0.213. The van der Waals surface area contributed by atoms with Crippen LogP contribution < -0.4 is 15.4 Å². The third-order valence-electron chi connectivity index (χ3n) is 4.65. The van der Waals surface area contributed by atoms with Crippen molar-refractivity contribution in [2.75, 3.05) is 17.7 Å². The van der Waals surface area contributed by atoms with Crippen LogP contribution in [0.3, 0.4) is 0 Å². The lowest BCUT2D eigenvalue weighted by Crippen LogP contribution is -2.10. The number of anilines is 2. The Morgan fingerprint density at radius 3 is 2.53 bits per heavy atom. The number of amides is 1. The SMILES string of the molecule is COc1ccc2nc3cc(Cl)ccc3c(N/C(C)=C\C(=O)Nc3ccccc3)c2c1. The molecule has 0 aliphatic heterocycles. The molecule has 150 valence electrons. The molecule has 0 atom stereocenters. The number of carbonyl (C=O) groups excluding carboxylic acids is 1. The van der Waals surface area contributed by atoms with Crippen molar-refractivity contribution < 1.29 is 9.53 Å². The van der Waals surface area contributed by atoms with Crippen molar-refractivity contribution in [2.45, 2.75) is 6.92 Å². The van der Waals surface area contributed by atoms with Crippen LogP contribution in [0.5, 0.6) is 5.75 Å². The number of ether oxygens (including phenoxy) is 1. The predicted molar refractivity (Wildman–Crippen MR) is 123 cm³/mol. The van der Waals surface area contributed by atoms with Gasteiger partial charge in [0.15, 0.2) is 0 Å². The van der Waals surface area contributed by atoms with Crippen LogP contribution in [0.2, 0.25) is 5.02 Å². The molecule has 0 unspecified atom stereocenters. The fourth-order valence-electron chi connectivity index (χ4n) is 3.29. The normalized spacial score (nSPS) is 11.5. The molecule has 0 saturated heterocycles. The van der Waals surface area contributed by atoms with E-state index in [1.807, 2.05) is 73.7 Å². The van der Waals surface area contributed by atoms with E-state index in [1.54, 1.807) is 7.11 Å². The molecular weight excluding hydrogens is 398 g/mol. The van der Waals surface area contributed by atoms with Gasteiger partial charge in [-0.25, -0.2) is 4.98 Å². The summed E-state index contributed by atoms with van der Waals surface area (Å²) in [5.74, 6) is 0.513. The standard InChI is InChI=1S/C24H20ClN3O2/c1-15(12-23(29)27-17-6-4-3-5-7-17)26-24-19-10-8-16(25)13-22(19)28-21-11-9-18(30-2)14-20(21)24/h3-14H,1-2H3,(H,26,28)(H,27,29)/b15-12-. The second-order valence-corrected chi connectivity index (χ2v) is 7.28. The molecule has 0 bridgehead atoms. The summed E-state index contributed by atoms with van der Waals surface area (Å²) in [6, 6.07) is 20.6. The Morgan fingerprint density at radius 1 is 0.967 bits per heavy atom. The number of carbonyl (C=O) groups is 1. The lowest BCUT2D eigenvalue weighted by atomic mass is 10.1. The number of para-hydroxylation sites is 1. The predicted octanol–water partition coefficient (Wildman–Crippen LogP) is 6.00. The van der Waals surface area contributed by atoms with Crippen molar-refractivity contribution >= 4 is 50.7 Å². The van der Waals surface area contributed by atoms with Crippen molar-refractivity contribution in [2.24, 2.45) is 0 Å². The highest BCUT2D eigenvalue weighted by Crippen LogP contribution is 2.34. The Hall–Kier alpha value is -3.57. The number of aromatic nitrogens is 1. The summed E-state index contributed by atoms with van der Waals surface area (Å²) in [5, 5.41) is 8.63. The highest BCUT2D eigenvalue weighted by atomic mass is 35.5. The number of nitrogens with one attached hydrogen (secondary N) is 2. The summed E-state index contributed by atoms with van der Waals surface area (Å²) in [6.07, 6.45) is 1.53. The number of rotatable bonds is 5. The zero-order chi connectivity index (χ0) is 21.1. The molecule has 1 heterocycles. The maximum atomic E-state index is 12.4. The Labute approximate surface area is 179 Å². The van der Waals surface area contributed by atoms with Crippen molar-refractivity contribution in [1.82, 2.24) is 4.98 Å². The average molecular weight is 418 g/mol. The van der Waals surface area contributed by atoms with Gasteiger partial charge in [0.2, 0.25) is 5.91 Å². The Balaban J connectivity index is 1.74. The number of halogens is 1. The lowest BCUT2D eigenvalue weighted by molar-refractivity contribution is -0.111. The van der Waals surface area contributed by atoms with Gasteiger partial charge in [-0.2, -0.15) is 0 Å². The Bertz CT molecular complexity index is 1270. The second kappa shape index (κ2) is 8.43. The van der Waals surface area contributed by atoms with Crippen LogP contribution in [0, 0.1) is 0 Å². The number of methoxy groups -OCH3 is 1. The Morgan fingerprint density at radius 2 is 1.77 bits per heavy atom. The molecule has 0 saturated carbocycles. The number of hydrogen-bond acceptors (Lipinski definition) is 4. The number of hydrogen-bond donors (Lipinski definition) is 2. The van der Waals surface area contributed by atoms with Gasteiger partial charge in [0, 0.05) is 33.3 Å². The Kier molecular flexibility index (Phi) is 5.55. The fourth-order valence-corrected chi connectivity index (χ4v) is 3.45. The molecule has 4 rings (SSSR count). The van der Waals surface area contributed by atoms with Crippen LogP contribution in [0.4, 0.5) is 11.4 Å². The lowest BCUT2D eigenvalue weighted by Gasteiger charge is -2.15. The van der Waals surface area contributed by atoms with Crippen LogP contribution in [0.15, 0.2) is 78.5 Å². The first-order valence-corrected chi connectivity index (χ1v) is 9.79. The largest absolute Gasteiger partial charge is 0.497 e. The van der Waals surface area contributed by atoms with E-state index in [1.165, 1.54) is 6.08 Å². The molecule has 1 amide bonds. The maximum Gasteiger partial charge on any atom is 0.250 e. The van der Waals surface area contributed by atoms with Gasteiger partial charge in [-0.15, -0.1) is 0 Å². The first-order valence-electron chi connectivity index (χ1n) is 9.42. The summed E-state index contributed by atoms with van der Waals surface area (Å²) < 4.78 is 5.39. The van der Waals surface area contributed by atoms with E-state index < -0.39 is 0 Å². The van der Waals surface area contributed by atoms with Gasteiger partial charge in [0.25, 0.3) is 0 Å². The van der Waals surface area contributed by atoms with Gasteiger partial charge in [0.1, 0.15) is 5.75 Å². The summed E-state index contributed by atoms with van der Waals surface area (Å²) in [4.78, 5) is 17.1. The molecule has 1 aromatic heterocycles. The molecule has 0 fully saturated rings. The number of nitrogens with zero attached hydrogens (tertiary/aromatic N) is 1. The number of pyridine rings is 1. The third-order valence-corrected chi connectivity index (χ3v) is 4.89. The molecule has 0 spiro atoms.